The minimum Gasteiger partial charge on any atom is -0.222 e. The summed E-state index contributed by atoms with van der Waals surface area (Å²) in [7, 11) is 0. The van der Waals surface area contributed by atoms with Crippen LogP contribution in [-0.2, 0) is 0 Å². The summed E-state index contributed by atoms with van der Waals surface area (Å²) in [5.74, 6) is 0. The van der Waals surface area contributed by atoms with E-state index in [1.807, 2.05) is 0 Å². The predicted octanol–water partition coefficient (Wildman–Crippen LogP) is 2.59. The average molecular weight is 256 g/mol. The Labute approximate surface area is 113 Å². The summed E-state index contributed by atoms with van der Waals surface area (Å²) in [5.41, 5.74) is 0. The highest BCUT2D eigenvalue weighted by Crippen LogP contribution is 2.28. The summed E-state index contributed by atoms with van der Waals surface area (Å²) < 4.78 is 0. The van der Waals surface area contributed by atoms with Gasteiger partial charge < -0.3 is 0 Å². The number of hydrogen-bond donors (Lipinski definition) is 0. The van der Waals surface area contributed by atoms with Gasteiger partial charge in [0.25, 0.3) is 0 Å². The summed E-state index contributed by atoms with van der Waals surface area (Å²) >= 11 is 0. The molecule has 0 aromatic carbocycles. The second kappa shape index (κ2) is 7.43. The van der Waals surface area contributed by atoms with Gasteiger partial charge in [-0.1, -0.05) is 27.7 Å². The van der Waals surface area contributed by atoms with Gasteiger partial charge in [-0.25, -0.2) is 10.0 Å². The van der Waals surface area contributed by atoms with E-state index in [1.165, 1.54) is 12.8 Å². The summed E-state index contributed by atoms with van der Waals surface area (Å²) in [6.07, 6.45) is 2.44. The number of rotatable bonds is 6. The quantitative estimate of drug-likeness (QED) is 0.724. The first-order valence-corrected chi connectivity index (χ1v) is 7.77. The summed E-state index contributed by atoms with van der Waals surface area (Å²) in [4.78, 5) is 0. The van der Waals surface area contributed by atoms with E-state index < -0.39 is 0 Å². The molecule has 2 unspecified atom stereocenters. The first kappa shape index (κ1) is 15.9. The van der Waals surface area contributed by atoms with Crippen LogP contribution in [0.2, 0.25) is 0 Å². The van der Waals surface area contributed by atoms with E-state index in [0.29, 0.717) is 12.1 Å². The molecule has 0 aliphatic carbocycles. The maximum absolute atomic E-state index is 2.56. The van der Waals surface area contributed by atoms with Gasteiger partial charge in [-0.3, -0.25) is 0 Å². The highest BCUT2D eigenvalue weighted by atomic mass is 16.0. The molecule has 1 saturated heterocycles. The highest BCUT2D eigenvalue weighted by Gasteiger charge is 2.41. The van der Waals surface area contributed by atoms with Crippen molar-refractivity contribution in [3.8, 4) is 0 Å². The monoisotopic (exact) mass is 256 g/mol. The molecule has 0 radical (unpaired) electrons. The molecule has 0 N–H and O–H groups in total. The third-order valence-corrected chi connectivity index (χ3v) is 4.12. The first-order valence-electron chi connectivity index (χ1n) is 7.77. The van der Waals surface area contributed by atoms with E-state index in [9.17, 15) is 0 Å². The van der Waals surface area contributed by atoms with Gasteiger partial charge in [0.15, 0.2) is 0 Å². The van der Waals surface area contributed by atoms with E-state index >= 15 is 0 Å². The van der Waals surface area contributed by atoms with Crippen LogP contribution in [0.3, 0.4) is 0 Å². The molecule has 1 heterocycles. The molecule has 1 aliphatic heterocycles. The maximum Gasteiger partial charge on any atom is 0.0427 e. The normalized spacial score (nSPS) is 29.0. The van der Waals surface area contributed by atoms with Crippen molar-refractivity contribution in [3.05, 3.63) is 0 Å². The van der Waals surface area contributed by atoms with E-state index in [0.717, 1.165) is 26.2 Å². The zero-order chi connectivity index (χ0) is 13.7. The van der Waals surface area contributed by atoms with Crippen LogP contribution >= 0.6 is 0 Å². The van der Waals surface area contributed by atoms with Crippen LogP contribution in [0.4, 0.5) is 0 Å². The van der Waals surface area contributed by atoms with Gasteiger partial charge in [-0.15, -0.1) is 0 Å². The fourth-order valence-electron chi connectivity index (χ4n) is 3.46. The van der Waals surface area contributed by atoms with Gasteiger partial charge in [-0.2, -0.15) is 10.2 Å². The second-order valence-electron chi connectivity index (χ2n) is 4.84. The van der Waals surface area contributed by atoms with Crippen LogP contribution in [0.5, 0.6) is 0 Å². The molecule has 1 rings (SSSR count). The minimum atomic E-state index is 0.641. The van der Waals surface area contributed by atoms with Crippen molar-refractivity contribution >= 4 is 0 Å². The maximum atomic E-state index is 2.56. The Kier molecular flexibility index (Phi) is 6.57. The second-order valence-corrected chi connectivity index (χ2v) is 4.84. The van der Waals surface area contributed by atoms with Crippen molar-refractivity contribution in [3.63, 3.8) is 0 Å². The molecule has 0 aromatic rings. The molecule has 0 saturated carbocycles. The van der Waals surface area contributed by atoms with Gasteiger partial charge in [0, 0.05) is 38.3 Å². The molecule has 2 atom stereocenters. The molecule has 0 aromatic heterocycles. The SMILES string of the molecule is CCC1C(CC)N(CC)N(CC)N(CC)N1CC. The highest BCUT2D eigenvalue weighted by molar-refractivity contribution is 4.85. The Morgan fingerprint density at radius 1 is 0.556 bits per heavy atom. The molecular weight excluding hydrogens is 224 g/mol. The van der Waals surface area contributed by atoms with Crippen molar-refractivity contribution in [2.75, 3.05) is 26.2 Å². The van der Waals surface area contributed by atoms with Gasteiger partial charge in [-0.05, 0) is 26.7 Å². The van der Waals surface area contributed by atoms with Crippen LogP contribution in [-0.4, -0.2) is 58.5 Å². The van der Waals surface area contributed by atoms with Crippen LogP contribution in [0.1, 0.15) is 54.4 Å². The molecule has 1 aliphatic rings. The third kappa shape index (κ3) is 2.72. The van der Waals surface area contributed by atoms with Crippen molar-refractivity contribution < 1.29 is 0 Å². The number of hydrogen-bond acceptors (Lipinski definition) is 4. The minimum absolute atomic E-state index is 0.641. The van der Waals surface area contributed by atoms with E-state index in [-0.39, 0.29) is 0 Å². The fraction of sp³-hybridized carbons (Fsp3) is 1.00. The van der Waals surface area contributed by atoms with Gasteiger partial charge in [0.1, 0.15) is 0 Å². The van der Waals surface area contributed by atoms with Crippen LogP contribution < -0.4 is 0 Å². The molecule has 4 heteroatoms. The summed E-state index contributed by atoms with van der Waals surface area (Å²) in [5, 5.41) is 9.99. The van der Waals surface area contributed by atoms with E-state index in [4.69, 9.17) is 0 Å². The van der Waals surface area contributed by atoms with Crippen LogP contribution in [0.15, 0.2) is 0 Å². The summed E-state index contributed by atoms with van der Waals surface area (Å²) in [6.45, 7) is 18.0. The largest absolute Gasteiger partial charge is 0.222 e. The standard InChI is InChI=1S/C14H32N4/c1-7-13-14(8-2)16(10-4)18(12-6)17(11-5)15(13)9-3/h13-14H,7-12H2,1-6H3. The Bertz CT molecular complexity index is 160. The fourth-order valence-corrected chi connectivity index (χ4v) is 3.46. The third-order valence-electron chi connectivity index (χ3n) is 4.12. The summed E-state index contributed by atoms with van der Waals surface area (Å²) in [6, 6.07) is 1.28. The predicted molar refractivity (Wildman–Crippen MR) is 77.7 cm³/mol. The zero-order valence-corrected chi connectivity index (χ0v) is 13.2. The Morgan fingerprint density at radius 2 is 0.889 bits per heavy atom. The number of likely N-dealkylation sites (N-methyl/N-ethyl adjacent to an activating group) is 2. The lowest BCUT2D eigenvalue weighted by molar-refractivity contribution is -0.343. The Morgan fingerprint density at radius 3 is 1.06 bits per heavy atom. The lowest BCUT2D eigenvalue weighted by Crippen LogP contribution is -2.72. The molecule has 108 valence electrons. The molecule has 1 fully saturated rings. The van der Waals surface area contributed by atoms with Gasteiger partial charge >= 0.3 is 0 Å². The van der Waals surface area contributed by atoms with Crippen molar-refractivity contribution in [2.45, 2.75) is 66.5 Å². The topological polar surface area (TPSA) is 13.0 Å². The van der Waals surface area contributed by atoms with Crippen LogP contribution in [0.25, 0.3) is 0 Å². The van der Waals surface area contributed by atoms with Crippen LogP contribution in [0, 0.1) is 0 Å². The van der Waals surface area contributed by atoms with Crippen molar-refractivity contribution in [2.24, 2.45) is 0 Å². The molecular formula is C14H32N4. The zero-order valence-electron chi connectivity index (χ0n) is 13.2. The molecule has 0 bridgehead atoms. The lowest BCUT2D eigenvalue weighted by atomic mass is 10.0. The number of hydrazine groups is 3. The Hall–Kier alpha value is -0.160. The lowest BCUT2D eigenvalue weighted by Gasteiger charge is -2.58. The molecule has 0 spiro atoms. The number of nitrogens with zero attached hydrogens (tertiary/aromatic N) is 4. The van der Waals surface area contributed by atoms with Crippen molar-refractivity contribution in [1.29, 1.82) is 0 Å². The smallest absolute Gasteiger partial charge is 0.0427 e. The molecule has 4 nitrogen and oxygen atoms in total. The van der Waals surface area contributed by atoms with E-state index in [1.54, 1.807) is 0 Å². The molecule has 18 heavy (non-hydrogen) atoms. The van der Waals surface area contributed by atoms with E-state index in [2.05, 4.69) is 61.8 Å². The van der Waals surface area contributed by atoms with Gasteiger partial charge in [0.05, 0.1) is 0 Å². The van der Waals surface area contributed by atoms with Crippen molar-refractivity contribution in [1.82, 2.24) is 20.3 Å². The average Bonchev–Trinajstić information content (AvgIpc) is 2.43. The Balaban J connectivity index is 3.06. The van der Waals surface area contributed by atoms with Gasteiger partial charge in [0.2, 0.25) is 0 Å². The first-order chi connectivity index (χ1) is 8.69. The molecule has 0 amide bonds.